The zero-order valence-electron chi connectivity index (χ0n) is 19.5. The lowest BCUT2D eigenvalue weighted by Crippen LogP contribution is -2.58. The minimum atomic E-state index is -1.44. The van der Waals surface area contributed by atoms with E-state index in [0.717, 1.165) is 0 Å². The van der Waals surface area contributed by atoms with Crippen LogP contribution in [0.15, 0.2) is 0 Å². The van der Waals surface area contributed by atoms with Gasteiger partial charge >= 0.3 is 11.9 Å². The third kappa shape index (κ3) is 12.2. The Morgan fingerprint density at radius 1 is 0.848 bits per heavy atom. The Bertz CT molecular complexity index is 681. The van der Waals surface area contributed by atoms with Gasteiger partial charge in [0.2, 0.25) is 17.7 Å². The topological polar surface area (TPSA) is 188 Å². The van der Waals surface area contributed by atoms with Crippen molar-refractivity contribution in [2.75, 3.05) is 24.0 Å². The first-order valence-corrected chi connectivity index (χ1v) is 13.4. The van der Waals surface area contributed by atoms with E-state index in [-0.39, 0.29) is 12.3 Å². The van der Waals surface area contributed by atoms with Gasteiger partial charge in [-0.1, -0.05) is 20.3 Å². The number of hydrogen-bond acceptors (Lipinski definition) is 8. The van der Waals surface area contributed by atoms with Gasteiger partial charge in [-0.25, -0.2) is 4.79 Å². The highest BCUT2D eigenvalue weighted by Crippen LogP contribution is 2.10. The van der Waals surface area contributed by atoms with Gasteiger partial charge < -0.3 is 31.9 Å². The van der Waals surface area contributed by atoms with Crippen LogP contribution in [0.25, 0.3) is 0 Å². The van der Waals surface area contributed by atoms with Crippen LogP contribution < -0.4 is 21.7 Å². The molecular weight excluding hydrogens is 472 g/mol. The molecule has 0 fully saturated rings. The number of nitrogens with two attached hydrogens (primary N) is 1. The average molecular weight is 509 g/mol. The third-order valence-electron chi connectivity index (χ3n) is 5.00. The summed E-state index contributed by atoms with van der Waals surface area (Å²) in [5.41, 5.74) is 5.80. The molecule has 3 amide bonds. The standard InChI is InChI=1S/C20H36N4O7S2/c1-5-11(2)16(20(30)31)24-18(28)13(7-9-33-4)22-19(29)14(10-15(25)26)23-17(27)12(21)6-8-32-3/h11-14,16H,5-10,21H2,1-4H3,(H,22,29)(H,23,27)(H,24,28)(H,25,26)(H,30,31). The second-order valence-corrected chi connectivity index (χ2v) is 9.57. The van der Waals surface area contributed by atoms with E-state index in [0.29, 0.717) is 24.3 Å². The Hall–Kier alpha value is -1.99. The summed E-state index contributed by atoms with van der Waals surface area (Å²) in [4.78, 5) is 60.7. The number of rotatable bonds is 17. The maximum absolute atomic E-state index is 12.8. The lowest BCUT2D eigenvalue weighted by atomic mass is 9.98. The molecule has 5 unspecified atom stereocenters. The lowest BCUT2D eigenvalue weighted by molar-refractivity contribution is -0.144. The summed E-state index contributed by atoms with van der Waals surface area (Å²) in [7, 11) is 0. The maximum atomic E-state index is 12.8. The molecule has 0 heterocycles. The van der Waals surface area contributed by atoms with Crippen LogP contribution in [0.4, 0.5) is 0 Å². The highest BCUT2D eigenvalue weighted by molar-refractivity contribution is 7.98. The summed E-state index contributed by atoms with van der Waals surface area (Å²) in [6.45, 7) is 3.48. The predicted octanol–water partition coefficient (Wildman–Crippen LogP) is -0.120. The quantitative estimate of drug-likeness (QED) is 0.154. The van der Waals surface area contributed by atoms with E-state index in [1.165, 1.54) is 23.5 Å². The summed E-state index contributed by atoms with van der Waals surface area (Å²) < 4.78 is 0. The van der Waals surface area contributed by atoms with Crippen molar-refractivity contribution in [3.8, 4) is 0 Å². The average Bonchev–Trinajstić information content (AvgIpc) is 2.76. The van der Waals surface area contributed by atoms with Crippen LogP contribution in [0.2, 0.25) is 0 Å². The summed E-state index contributed by atoms with van der Waals surface area (Å²) in [5.74, 6) is -3.98. The van der Waals surface area contributed by atoms with Crippen LogP contribution in [0, 0.1) is 5.92 Å². The van der Waals surface area contributed by atoms with Crippen LogP contribution in [0.3, 0.4) is 0 Å². The third-order valence-corrected chi connectivity index (χ3v) is 6.29. The molecule has 0 rings (SSSR count). The van der Waals surface area contributed by atoms with E-state index in [2.05, 4.69) is 16.0 Å². The fraction of sp³-hybridized carbons (Fsp3) is 0.750. The normalized spacial score (nSPS) is 15.4. The fourth-order valence-corrected chi connectivity index (χ4v) is 3.71. The Kier molecular flexibility index (Phi) is 15.6. The zero-order chi connectivity index (χ0) is 25.6. The minimum absolute atomic E-state index is 0.187. The van der Waals surface area contributed by atoms with Crippen molar-refractivity contribution in [3.05, 3.63) is 0 Å². The van der Waals surface area contributed by atoms with Crippen LogP contribution >= 0.6 is 23.5 Å². The van der Waals surface area contributed by atoms with Crippen molar-refractivity contribution in [3.63, 3.8) is 0 Å². The van der Waals surface area contributed by atoms with Gasteiger partial charge in [0.15, 0.2) is 0 Å². The highest BCUT2D eigenvalue weighted by Gasteiger charge is 2.32. The number of aliphatic carboxylic acids is 2. The lowest BCUT2D eigenvalue weighted by Gasteiger charge is -2.26. The van der Waals surface area contributed by atoms with Crippen LogP contribution in [-0.4, -0.2) is 88.1 Å². The van der Waals surface area contributed by atoms with E-state index in [4.69, 9.17) is 10.8 Å². The van der Waals surface area contributed by atoms with Gasteiger partial charge in [-0.2, -0.15) is 23.5 Å². The van der Waals surface area contributed by atoms with Crippen molar-refractivity contribution in [2.24, 2.45) is 11.7 Å². The maximum Gasteiger partial charge on any atom is 0.326 e. The summed E-state index contributed by atoms with van der Waals surface area (Å²) in [6.07, 6.45) is 4.00. The number of carboxylic acid groups (broad SMARTS) is 2. The molecule has 0 aromatic heterocycles. The molecule has 0 spiro atoms. The Labute approximate surface area is 202 Å². The molecule has 190 valence electrons. The monoisotopic (exact) mass is 508 g/mol. The number of hydrogen-bond donors (Lipinski definition) is 6. The predicted molar refractivity (Wildman–Crippen MR) is 129 cm³/mol. The van der Waals surface area contributed by atoms with Gasteiger partial charge in [0, 0.05) is 0 Å². The number of thioether (sulfide) groups is 2. The molecule has 0 saturated heterocycles. The summed E-state index contributed by atoms with van der Waals surface area (Å²) in [6, 6.07) is -4.59. The van der Waals surface area contributed by atoms with Crippen molar-refractivity contribution < 1.29 is 34.2 Å². The first-order valence-electron chi connectivity index (χ1n) is 10.6. The van der Waals surface area contributed by atoms with E-state index < -0.39 is 60.2 Å². The largest absolute Gasteiger partial charge is 0.481 e. The molecule has 0 aliphatic carbocycles. The van der Waals surface area contributed by atoms with Crippen LogP contribution in [0.1, 0.15) is 39.5 Å². The Balaban J connectivity index is 5.47. The molecule has 0 saturated carbocycles. The van der Waals surface area contributed by atoms with Crippen molar-refractivity contribution >= 4 is 53.2 Å². The van der Waals surface area contributed by atoms with Gasteiger partial charge in [-0.15, -0.1) is 0 Å². The Morgan fingerprint density at radius 2 is 1.36 bits per heavy atom. The van der Waals surface area contributed by atoms with Crippen LogP contribution in [0.5, 0.6) is 0 Å². The van der Waals surface area contributed by atoms with E-state index >= 15 is 0 Å². The molecule has 0 bridgehead atoms. The van der Waals surface area contributed by atoms with Gasteiger partial charge in [0.05, 0.1) is 12.5 Å². The summed E-state index contributed by atoms with van der Waals surface area (Å²) in [5, 5.41) is 25.9. The number of carboxylic acids is 2. The molecule has 13 heteroatoms. The van der Waals surface area contributed by atoms with Crippen LogP contribution in [-0.2, 0) is 24.0 Å². The molecule has 0 aliphatic heterocycles. The smallest absolute Gasteiger partial charge is 0.326 e. The number of nitrogens with one attached hydrogen (secondary N) is 3. The molecule has 33 heavy (non-hydrogen) atoms. The SMILES string of the molecule is CCC(C)C(NC(=O)C(CCSC)NC(=O)C(CC(=O)O)NC(=O)C(N)CCSC)C(=O)O. The molecular formula is C20H36N4O7S2. The van der Waals surface area contributed by atoms with Crippen molar-refractivity contribution in [1.82, 2.24) is 16.0 Å². The van der Waals surface area contributed by atoms with Gasteiger partial charge in [0.1, 0.15) is 18.1 Å². The van der Waals surface area contributed by atoms with E-state index in [9.17, 15) is 29.1 Å². The first kappa shape index (κ1) is 31.0. The first-order chi connectivity index (χ1) is 15.5. The number of carbonyl (C=O) groups excluding carboxylic acids is 3. The van der Waals surface area contributed by atoms with Gasteiger partial charge in [-0.05, 0) is 42.8 Å². The second-order valence-electron chi connectivity index (χ2n) is 7.60. The number of carbonyl (C=O) groups is 5. The molecule has 5 atom stereocenters. The van der Waals surface area contributed by atoms with Gasteiger partial charge in [0.25, 0.3) is 0 Å². The van der Waals surface area contributed by atoms with E-state index in [1.807, 2.05) is 6.26 Å². The number of amides is 3. The minimum Gasteiger partial charge on any atom is -0.481 e. The molecule has 7 N–H and O–H groups in total. The molecule has 0 radical (unpaired) electrons. The van der Waals surface area contributed by atoms with E-state index in [1.54, 1.807) is 20.1 Å². The molecule has 0 aliphatic rings. The summed E-state index contributed by atoms with van der Waals surface area (Å²) >= 11 is 2.91. The zero-order valence-corrected chi connectivity index (χ0v) is 21.1. The second kappa shape index (κ2) is 16.6. The van der Waals surface area contributed by atoms with Crippen molar-refractivity contribution in [2.45, 2.75) is 63.7 Å². The Morgan fingerprint density at radius 3 is 1.85 bits per heavy atom. The van der Waals surface area contributed by atoms with Gasteiger partial charge in [-0.3, -0.25) is 19.2 Å². The fourth-order valence-electron chi connectivity index (χ4n) is 2.75. The molecule has 11 nitrogen and oxygen atoms in total. The molecule has 0 aromatic rings. The van der Waals surface area contributed by atoms with Crippen molar-refractivity contribution in [1.29, 1.82) is 0 Å². The highest BCUT2D eigenvalue weighted by atomic mass is 32.2. The molecule has 0 aromatic carbocycles.